The lowest BCUT2D eigenvalue weighted by molar-refractivity contribution is -0.146. The third-order valence-corrected chi connectivity index (χ3v) is 6.61. The van der Waals surface area contributed by atoms with Gasteiger partial charge in [-0.05, 0) is 47.4 Å². The highest BCUT2D eigenvalue weighted by molar-refractivity contribution is 7.10. The molecule has 162 valence electrons. The predicted molar refractivity (Wildman–Crippen MR) is 124 cm³/mol. The predicted octanol–water partition coefficient (Wildman–Crippen LogP) is 5.06. The summed E-state index contributed by atoms with van der Waals surface area (Å²) in [6.45, 7) is 13.4. The van der Waals surface area contributed by atoms with Crippen molar-refractivity contribution in [3.8, 4) is 0 Å². The minimum atomic E-state index is -0.507. The van der Waals surface area contributed by atoms with E-state index >= 15 is 0 Å². The highest BCUT2D eigenvalue weighted by Gasteiger charge is 2.36. The molecule has 1 atom stereocenters. The third-order valence-electron chi connectivity index (χ3n) is 5.61. The fourth-order valence-electron chi connectivity index (χ4n) is 4.20. The summed E-state index contributed by atoms with van der Waals surface area (Å²) in [5, 5.41) is 2.12. The van der Waals surface area contributed by atoms with Crippen LogP contribution in [0.5, 0.6) is 0 Å². The van der Waals surface area contributed by atoms with Crippen LogP contribution in [0.3, 0.4) is 0 Å². The summed E-state index contributed by atoms with van der Waals surface area (Å²) >= 11 is 1.77. The van der Waals surface area contributed by atoms with Gasteiger partial charge in [-0.15, -0.1) is 11.3 Å². The average molecular weight is 427 g/mol. The Hall–Kier alpha value is -2.14. The molecule has 1 aliphatic rings. The van der Waals surface area contributed by atoms with Crippen LogP contribution in [0.15, 0.2) is 35.7 Å². The van der Waals surface area contributed by atoms with Crippen LogP contribution in [-0.2, 0) is 16.0 Å². The first-order valence-corrected chi connectivity index (χ1v) is 11.7. The van der Waals surface area contributed by atoms with Crippen molar-refractivity contribution in [1.29, 1.82) is 0 Å². The Morgan fingerprint density at radius 1 is 1.17 bits per heavy atom. The van der Waals surface area contributed by atoms with Crippen LogP contribution in [0.25, 0.3) is 0 Å². The number of fused-ring (bicyclic) bond motifs is 1. The van der Waals surface area contributed by atoms with Crippen LogP contribution in [0.4, 0.5) is 0 Å². The summed E-state index contributed by atoms with van der Waals surface area (Å²) in [4.78, 5) is 31.7. The molecule has 2 heterocycles. The Labute approximate surface area is 184 Å². The van der Waals surface area contributed by atoms with E-state index < -0.39 is 5.41 Å². The average Bonchev–Trinajstić information content (AvgIpc) is 3.14. The largest absolute Gasteiger partial charge is 0.333 e. The van der Waals surface area contributed by atoms with Crippen molar-refractivity contribution in [2.75, 3.05) is 19.6 Å². The monoisotopic (exact) mass is 426 g/mol. The molecule has 1 aromatic carbocycles. The highest BCUT2D eigenvalue weighted by atomic mass is 32.1. The minimum Gasteiger partial charge on any atom is -0.333 e. The summed E-state index contributed by atoms with van der Waals surface area (Å²) < 4.78 is 0. The highest BCUT2D eigenvalue weighted by Crippen LogP contribution is 2.39. The van der Waals surface area contributed by atoms with Crippen molar-refractivity contribution in [2.24, 2.45) is 11.3 Å². The number of amides is 2. The summed E-state index contributed by atoms with van der Waals surface area (Å²) in [5.41, 5.74) is 3.07. The number of benzene rings is 1. The molecule has 5 heteroatoms. The summed E-state index contributed by atoms with van der Waals surface area (Å²) in [5.74, 6) is 0.365. The van der Waals surface area contributed by atoms with Crippen LogP contribution >= 0.6 is 11.3 Å². The van der Waals surface area contributed by atoms with Crippen molar-refractivity contribution in [3.63, 3.8) is 0 Å². The fraction of sp³-hybridized carbons (Fsp3) is 0.520. The molecule has 0 bridgehead atoms. The van der Waals surface area contributed by atoms with E-state index in [4.69, 9.17) is 0 Å². The second-order valence-electron chi connectivity index (χ2n) is 9.72. The Bertz CT molecular complexity index is 910. The number of rotatable bonds is 5. The smallest absolute Gasteiger partial charge is 0.242 e. The first-order chi connectivity index (χ1) is 14.1. The molecular weight excluding hydrogens is 392 g/mol. The zero-order chi connectivity index (χ0) is 22.1. The quantitative estimate of drug-likeness (QED) is 0.670. The van der Waals surface area contributed by atoms with Crippen LogP contribution in [-0.4, -0.2) is 41.2 Å². The van der Waals surface area contributed by atoms with E-state index in [0.29, 0.717) is 19.0 Å². The van der Waals surface area contributed by atoms with Crippen molar-refractivity contribution in [3.05, 3.63) is 57.3 Å². The van der Waals surface area contributed by atoms with Crippen LogP contribution in [0.1, 0.15) is 62.2 Å². The Morgan fingerprint density at radius 3 is 2.50 bits per heavy atom. The summed E-state index contributed by atoms with van der Waals surface area (Å²) in [6.07, 6.45) is 0.874. The molecule has 4 nitrogen and oxygen atoms in total. The van der Waals surface area contributed by atoms with Gasteiger partial charge in [-0.3, -0.25) is 9.59 Å². The van der Waals surface area contributed by atoms with Crippen molar-refractivity contribution in [1.82, 2.24) is 9.80 Å². The number of carbonyl (C=O) groups is 2. The fourth-order valence-corrected chi connectivity index (χ4v) is 5.11. The molecule has 0 aliphatic carbocycles. The Kier molecular flexibility index (Phi) is 6.71. The molecule has 0 N–H and O–H groups in total. The molecular formula is C25H34N2O2S. The second-order valence-corrected chi connectivity index (χ2v) is 10.7. The maximum Gasteiger partial charge on any atom is 0.242 e. The number of carbonyl (C=O) groups excluding carboxylic acids is 2. The van der Waals surface area contributed by atoms with Gasteiger partial charge in [0.25, 0.3) is 0 Å². The van der Waals surface area contributed by atoms with E-state index in [9.17, 15) is 9.59 Å². The molecule has 0 radical (unpaired) electrons. The molecule has 3 rings (SSSR count). The van der Waals surface area contributed by atoms with Crippen LogP contribution < -0.4 is 0 Å². The standard InChI is InChI=1S/C25H34N2O2S/c1-17(2)15-26(24(29)25(4,5)6)16-22(28)27-13-11-21-20(12-14-30-21)23(27)19-10-8-7-9-18(19)3/h7-10,12,14,17,23H,11,13,15-16H2,1-6H3. The van der Waals surface area contributed by atoms with Gasteiger partial charge >= 0.3 is 0 Å². The Balaban J connectivity index is 1.93. The first-order valence-electron chi connectivity index (χ1n) is 10.8. The van der Waals surface area contributed by atoms with E-state index in [0.717, 1.165) is 6.42 Å². The van der Waals surface area contributed by atoms with Crippen LogP contribution in [0, 0.1) is 18.3 Å². The first kappa shape index (κ1) is 22.5. The second kappa shape index (κ2) is 8.93. The van der Waals surface area contributed by atoms with Gasteiger partial charge in [0.15, 0.2) is 0 Å². The van der Waals surface area contributed by atoms with Crippen LogP contribution in [0.2, 0.25) is 0 Å². The third kappa shape index (κ3) is 4.77. The van der Waals surface area contributed by atoms with Gasteiger partial charge in [0.1, 0.15) is 0 Å². The van der Waals surface area contributed by atoms with E-state index in [-0.39, 0.29) is 24.4 Å². The molecule has 0 spiro atoms. The van der Waals surface area contributed by atoms with Crippen molar-refractivity contribution < 1.29 is 9.59 Å². The number of hydrogen-bond acceptors (Lipinski definition) is 3. The Morgan fingerprint density at radius 2 is 1.87 bits per heavy atom. The van der Waals surface area contributed by atoms with E-state index in [1.807, 2.05) is 37.8 Å². The lowest BCUT2D eigenvalue weighted by atomic mass is 9.90. The van der Waals surface area contributed by atoms with Gasteiger partial charge in [0.2, 0.25) is 11.8 Å². The molecule has 0 fully saturated rings. The lowest BCUT2D eigenvalue weighted by Crippen LogP contribution is -2.50. The minimum absolute atomic E-state index is 0.0263. The van der Waals surface area contributed by atoms with E-state index in [1.54, 1.807) is 16.2 Å². The lowest BCUT2D eigenvalue weighted by Gasteiger charge is -2.39. The number of thiophene rings is 1. The van der Waals surface area contributed by atoms with Gasteiger partial charge in [0, 0.05) is 23.4 Å². The van der Waals surface area contributed by atoms with E-state index in [1.165, 1.54) is 21.6 Å². The maximum atomic E-state index is 13.6. The van der Waals surface area contributed by atoms with Crippen molar-refractivity contribution >= 4 is 23.2 Å². The molecule has 1 aromatic heterocycles. The summed E-state index contributed by atoms with van der Waals surface area (Å²) in [7, 11) is 0. The van der Waals surface area contributed by atoms with Gasteiger partial charge in [-0.25, -0.2) is 0 Å². The topological polar surface area (TPSA) is 40.6 Å². The molecule has 2 amide bonds. The zero-order valence-electron chi connectivity index (χ0n) is 19.1. The van der Waals surface area contributed by atoms with Crippen molar-refractivity contribution in [2.45, 2.75) is 54.0 Å². The molecule has 30 heavy (non-hydrogen) atoms. The van der Waals surface area contributed by atoms with Gasteiger partial charge < -0.3 is 9.80 Å². The number of aryl methyl sites for hydroxylation is 1. The molecule has 1 aliphatic heterocycles. The number of nitrogens with zero attached hydrogens (tertiary/aromatic N) is 2. The van der Waals surface area contributed by atoms with Gasteiger partial charge in [0.05, 0.1) is 12.6 Å². The molecule has 0 saturated heterocycles. The number of hydrogen-bond donors (Lipinski definition) is 0. The zero-order valence-corrected chi connectivity index (χ0v) is 19.9. The van der Waals surface area contributed by atoms with E-state index in [2.05, 4.69) is 44.4 Å². The van der Waals surface area contributed by atoms with Gasteiger partial charge in [-0.2, -0.15) is 0 Å². The summed E-state index contributed by atoms with van der Waals surface area (Å²) in [6, 6.07) is 10.4. The van der Waals surface area contributed by atoms with Gasteiger partial charge in [-0.1, -0.05) is 58.9 Å². The normalized spacial score (nSPS) is 16.5. The maximum absolute atomic E-state index is 13.6. The molecule has 1 unspecified atom stereocenters. The molecule has 2 aromatic rings. The SMILES string of the molecule is Cc1ccccc1C1c2ccsc2CCN1C(=O)CN(CC(C)C)C(=O)C(C)(C)C. The molecule has 0 saturated carbocycles.